The molecule has 0 amide bonds. The SMILES string of the molecule is CCN(CC)CC1(C)CN(C)C(C)CC1(O)c1ccccc1. The molecule has 0 saturated carbocycles. The molecule has 124 valence electrons. The Balaban J connectivity index is 2.41. The number of benzene rings is 1. The highest BCUT2D eigenvalue weighted by molar-refractivity contribution is 5.27. The average molecular weight is 304 g/mol. The lowest BCUT2D eigenvalue weighted by Crippen LogP contribution is -2.62. The summed E-state index contributed by atoms with van der Waals surface area (Å²) in [5.41, 5.74) is 0.106. The minimum atomic E-state index is -0.775. The average Bonchev–Trinajstić information content (AvgIpc) is 2.52. The Kier molecular flexibility index (Phi) is 5.31. The van der Waals surface area contributed by atoms with Gasteiger partial charge in [-0.2, -0.15) is 0 Å². The van der Waals surface area contributed by atoms with Crippen molar-refractivity contribution in [3.63, 3.8) is 0 Å². The van der Waals surface area contributed by atoms with E-state index in [0.717, 1.165) is 38.2 Å². The van der Waals surface area contributed by atoms with Crippen LogP contribution in [0, 0.1) is 5.41 Å². The summed E-state index contributed by atoms with van der Waals surface area (Å²) in [6.07, 6.45) is 0.783. The molecule has 1 aromatic carbocycles. The molecule has 1 fully saturated rings. The van der Waals surface area contributed by atoms with Crippen molar-refractivity contribution in [2.24, 2.45) is 5.41 Å². The second kappa shape index (κ2) is 6.69. The maximum Gasteiger partial charge on any atom is 0.0989 e. The Morgan fingerprint density at radius 2 is 1.82 bits per heavy atom. The molecule has 3 nitrogen and oxygen atoms in total. The monoisotopic (exact) mass is 304 g/mol. The molecule has 1 aromatic rings. The van der Waals surface area contributed by atoms with E-state index >= 15 is 0 Å². The first-order valence-electron chi connectivity index (χ1n) is 8.57. The Labute approximate surface area is 135 Å². The van der Waals surface area contributed by atoms with E-state index in [1.165, 1.54) is 0 Å². The Morgan fingerprint density at radius 1 is 1.23 bits per heavy atom. The molecule has 2 rings (SSSR count). The van der Waals surface area contributed by atoms with E-state index in [1.54, 1.807) is 0 Å². The van der Waals surface area contributed by atoms with Gasteiger partial charge >= 0.3 is 0 Å². The number of hydrogen-bond donors (Lipinski definition) is 1. The van der Waals surface area contributed by atoms with Crippen LogP contribution in [0.4, 0.5) is 0 Å². The van der Waals surface area contributed by atoms with Gasteiger partial charge in [-0.3, -0.25) is 0 Å². The van der Waals surface area contributed by atoms with Crippen LogP contribution in [-0.4, -0.2) is 54.2 Å². The van der Waals surface area contributed by atoms with Crippen molar-refractivity contribution in [1.82, 2.24) is 9.80 Å². The number of likely N-dealkylation sites (tertiary alicyclic amines) is 1. The van der Waals surface area contributed by atoms with E-state index in [4.69, 9.17) is 0 Å². The van der Waals surface area contributed by atoms with Gasteiger partial charge in [0, 0.05) is 24.5 Å². The highest BCUT2D eigenvalue weighted by Gasteiger charge is 2.53. The molecule has 3 heteroatoms. The summed E-state index contributed by atoms with van der Waals surface area (Å²) in [5.74, 6) is 0. The maximum atomic E-state index is 11.7. The summed E-state index contributed by atoms with van der Waals surface area (Å²) in [5, 5.41) is 11.7. The molecule has 3 atom stereocenters. The van der Waals surface area contributed by atoms with E-state index in [2.05, 4.69) is 56.7 Å². The quantitative estimate of drug-likeness (QED) is 0.906. The molecule has 0 radical (unpaired) electrons. The highest BCUT2D eigenvalue weighted by atomic mass is 16.3. The van der Waals surface area contributed by atoms with Crippen molar-refractivity contribution in [2.45, 2.75) is 45.8 Å². The van der Waals surface area contributed by atoms with Gasteiger partial charge in [0.25, 0.3) is 0 Å². The molecule has 0 aliphatic carbocycles. The normalized spacial score (nSPS) is 33.3. The molecule has 1 N–H and O–H groups in total. The predicted octanol–water partition coefficient (Wildman–Crippen LogP) is 2.95. The third kappa shape index (κ3) is 3.08. The molecule has 0 spiro atoms. The number of nitrogens with zero attached hydrogens (tertiary/aromatic N) is 2. The van der Waals surface area contributed by atoms with Crippen molar-refractivity contribution < 1.29 is 5.11 Å². The van der Waals surface area contributed by atoms with Crippen LogP contribution in [0.15, 0.2) is 30.3 Å². The third-order valence-corrected chi connectivity index (χ3v) is 5.66. The van der Waals surface area contributed by atoms with E-state index in [-0.39, 0.29) is 5.41 Å². The van der Waals surface area contributed by atoms with Crippen LogP contribution < -0.4 is 0 Å². The van der Waals surface area contributed by atoms with Crippen LogP contribution >= 0.6 is 0 Å². The van der Waals surface area contributed by atoms with Crippen LogP contribution in [-0.2, 0) is 5.60 Å². The number of hydrogen-bond acceptors (Lipinski definition) is 3. The zero-order chi connectivity index (χ0) is 16.4. The van der Waals surface area contributed by atoms with Gasteiger partial charge in [-0.15, -0.1) is 0 Å². The van der Waals surface area contributed by atoms with Gasteiger partial charge in [-0.1, -0.05) is 51.1 Å². The van der Waals surface area contributed by atoms with E-state index in [0.29, 0.717) is 6.04 Å². The van der Waals surface area contributed by atoms with Gasteiger partial charge in [-0.05, 0) is 39.0 Å². The molecule has 0 aromatic heterocycles. The molecular weight excluding hydrogens is 272 g/mol. The van der Waals surface area contributed by atoms with Gasteiger partial charge in [0.1, 0.15) is 0 Å². The predicted molar refractivity (Wildman–Crippen MR) is 92.9 cm³/mol. The molecule has 1 aliphatic rings. The Morgan fingerprint density at radius 3 is 2.36 bits per heavy atom. The van der Waals surface area contributed by atoms with Crippen molar-refractivity contribution >= 4 is 0 Å². The number of aliphatic hydroxyl groups is 1. The second-order valence-electron chi connectivity index (χ2n) is 7.22. The van der Waals surface area contributed by atoms with Crippen molar-refractivity contribution in [3.8, 4) is 0 Å². The minimum Gasteiger partial charge on any atom is -0.384 e. The van der Waals surface area contributed by atoms with Crippen molar-refractivity contribution in [3.05, 3.63) is 35.9 Å². The lowest BCUT2D eigenvalue weighted by molar-refractivity contribution is -0.154. The fourth-order valence-electron chi connectivity index (χ4n) is 3.97. The third-order valence-electron chi connectivity index (χ3n) is 5.66. The summed E-state index contributed by atoms with van der Waals surface area (Å²) in [6, 6.07) is 10.6. The van der Waals surface area contributed by atoms with Crippen LogP contribution in [0.3, 0.4) is 0 Å². The minimum absolute atomic E-state index is 0.179. The molecule has 1 aliphatic heterocycles. The molecular formula is C19H32N2O. The van der Waals surface area contributed by atoms with Gasteiger partial charge in [0.05, 0.1) is 5.60 Å². The molecule has 1 heterocycles. The first kappa shape index (κ1) is 17.5. The van der Waals surface area contributed by atoms with Gasteiger partial charge in [0.15, 0.2) is 0 Å². The van der Waals surface area contributed by atoms with Crippen LogP contribution in [0.1, 0.15) is 39.7 Å². The number of rotatable bonds is 5. The van der Waals surface area contributed by atoms with Crippen LogP contribution in [0.2, 0.25) is 0 Å². The molecule has 0 bridgehead atoms. The maximum absolute atomic E-state index is 11.7. The standard InChI is InChI=1S/C19H32N2O/c1-6-21(7-2)15-18(4)14-20(5)16(3)13-19(18,22)17-11-9-8-10-12-17/h8-12,16,22H,6-7,13-15H2,1-5H3. The second-order valence-corrected chi connectivity index (χ2v) is 7.22. The van der Waals surface area contributed by atoms with Crippen LogP contribution in [0.5, 0.6) is 0 Å². The first-order valence-corrected chi connectivity index (χ1v) is 8.57. The smallest absolute Gasteiger partial charge is 0.0989 e. The molecule has 1 saturated heterocycles. The van der Waals surface area contributed by atoms with Crippen molar-refractivity contribution in [1.29, 1.82) is 0 Å². The van der Waals surface area contributed by atoms with E-state index in [9.17, 15) is 5.11 Å². The summed E-state index contributed by atoms with van der Waals surface area (Å²) in [6.45, 7) is 12.7. The number of piperidine rings is 1. The summed E-state index contributed by atoms with van der Waals surface area (Å²) in [7, 11) is 2.18. The van der Waals surface area contributed by atoms with Gasteiger partial charge in [0.2, 0.25) is 0 Å². The fourth-order valence-corrected chi connectivity index (χ4v) is 3.97. The largest absolute Gasteiger partial charge is 0.384 e. The molecule has 22 heavy (non-hydrogen) atoms. The highest BCUT2D eigenvalue weighted by Crippen LogP contribution is 2.48. The summed E-state index contributed by atoms with van der Waals surface area (Å²) >= 11 is 0. The first-order chi connectivity index (χ1) is 10.4. The summed E-state index contributed by atoms with van der Waals surface area (Å²) in [4.78, 5) is 4.82. The lowest BCUT2D eigenvalue weighted by atomic mass is 9.63. The zero-order valence-corrected chi connectivity index (χ0v) is 14.8. The fraction of sp³-hybridized carbons (Fsp3) is 0.684. The Hall–Kier alpha value is -0.900. The summed E-state index contributed by atoms with van der Waals surface area (Å²) < 4.78 is 0. The Bertz CT molecular complexity index is 474. The topological polar surface area (TPSA) is 26.7 Å². The van der Waals surface area contributed by atoms with Gasteiger partial charge < -0.3 is 14.9 Å². The van der Waals surface area contributed by atoms with E-state index in [1.807, 2.05) is 18.2 Å². The van der Waals surface area contributed by atoms with Crippen molar-refractivity contribution in [2.75, 3.05) is 33.2 Å². The zero-order valence-electron chi connectivity index (χ0n) is 14.8. The lowest BCUT2D eigenvalue weighted by Gasteiger charge is -2.55. The van der Waals surface area contributed by atoms with Crippen LogP contribution in [0.25, 0.3) is 0 Å². The van der Waals surface area contributed by atoms with E-state index < -0.39 is 5.60 Å². The van der Waals surface area contributed by atoms with Gasteiger partial charge in [-0.25, -0.2) is 0 Å². The molecule has 3 unspecified atom stereocenters.